The molecule has 12 heavy (non-hydrogen) atoms. The molecule has 0 fully saturated rings. The Labute approximate surface area is 81.9 Å². The van der Waals surface area contributed by atoms with Crippen molar-refractivity contribution in [3.63, 3.8) is 0 Å². The molecule has 1 aromatic heterocycles. The molecule has 0 spiro atoms. The second kappa shape index (κ2) is 4.23. The molecule has 1 heterocycles. The fourth-order valence-electron chi connectivity index (χ4n) is 0.808. The van der Waals surface area contributed by atoms with Gasteiger partial charge < -0.3 is 4.42 Å². The van der Waals surface area contributed by atoms with Gasteiger partial charge in [-0.3, -0.25) is 0 Å². The lowest BCUT2D eigenvalue weighted by Gasteiger charge is -2.01. The predicted octanol–water partition coefficient (Wildman–Crippen LogP) is 3.44. The Morgan fingerprint density at radius 1 is 1.50 bits per heavy atom. The fraction of sp³-hybridized carbons (Fsp3) is 0.625. The van der Waals surface area contributed by atoms with Crippen LogP contribution in [0.25, 0.3) is 0 Å². The van der Waals surface area contributed by atoms with Gasteiger partial charge in [-0.1, -0.05) is 24.6 Å². The van der Waals surface area contributed by atoms with E-state index in [2.05, 4.69) is 30.5 Å². The van der Waals surface area contributed by atoms with Crippen LogP contribution in [0.1, 0.15) is 43.6 Å². The maximum absolute atomic E-state index is 5.52. The summed E-state index contributed by atoms with van der Waals surface area (Å²) in [6.07, 6.45) is 1.78. The van der Waals surface area contributed by atoms with Crippen LogP contribution in [-0.4, -0.2) is 4.98 Å². The van der Waals surface area contributed by atoms with Gasteiger partial charge in [0, 0.05) is 5.92 Å². The SMILES string of the molecule is CC(C)c1ncc(C(C)SS)o1. The van der Waals surface area contributed by atoms with Crippen LogP contribution in [0.2, 0.25) is 0 Å². The van der Waals surface area contributed by atoms with Crippen LogP contribution in [-0.2, 0) is 0 Å². The Balaban J connectivity index is 2.77. The molecule has 0 aromatic carbocycles. The number of thiol groups is 1. The largest absolute Gasteiger partial charge is 0.444 e. The lowest BCUT2D eigenvalue weighted by molar-refractivity contribution is 0.438. The maximum atomic E-state index is 5.52. The van der Waals surface area contributed by atoms with E-state index in [0.29, 0.717) is 5.92 Å². The highest BCUT2D eigenvalue weighted by molar-refractivity contribution is 8.68. The molecule has 0 bridgehead atoms. The average molecular weight is 203 g/mol. The van der Waals surface area contributed by atoms with E-state index in [-0.39, 0.29) is 5.25 Å². The monoisotopic (exact) mass is 203 g/mol. The van der Waals surface area contributed by atoms with Crippen molar-refractivity contribution >= 4 is 22.5 Å². The first kappa shape index (κ1) is 9.99. The Bertz CT molecular complexity index is 247. The number of hydrogen-bond donors (Lipinski definition) is 1. The molecule has 0 radical (unpaired) electrons. The number of hydrogen-bond acceptors (Lipinski definition) is 4. The molecule has 68 valence electrons. The first-order valence-corrected chi connectivity index (χ1v) is 5.84. The van der Waals surface area contributed by atoms with Crippen LogP contribution in [0.4, 0.5) is 0 Å². The zero-order valence-electron chi connectivity index (χ0n) is 7.44. The van der Waals surface area contributed by atoms with E-state index >= 15 is 0 Å². The summed E-state index contributed by atoms with van der Waals surface area (Å²) in [5.41, 5.74) is 0. The zero-order valence-corrected chi connectivity index (χ0v) is 9.15. The molecule has 0 saturated carbocycles. The standard InChI is InChI=1S/C8H13NOS2/c1-5(2)8-9-4-7(10-8)6(3)12-11/h4-6,11H,1-3H3. The molecule has 1 atom stereocenters. The van der Waals surface area contributed by atoms with E-state index in [9.17, 15) is 0 Å². The Morgan fingerprint density at radius 2 is 2.17 bits per heavy atom. The maximum Gasteiger partial charge on any atom is 0.196 e. The zero-order chi connectivity index (χ0) is 9.14. The van der Waals surface area contributed by atoms with Crippen molar-refractivity contribution < 1.29 is 4.42 Å². The van der Waals surface area contributed by atoms with E-state index in [4.69, 9.17) is 4.42 Å². The number of aromatic nitrogens is 1. The third-order valence-corrected chi connectivity index (χ3v) is 3.09. The number of rotatable bonds is 3. The predicted molar refractivity (Wildman–Crippen MR) is 55.6 cm³/mol. The van der Waals surface area contributed by atoms with E-state index in [1.807, 2.05) is 6.92 Å². The van der Waals surface area contributed by atoms with E-state index in [0.717, 1.165) is 11.7 Å². The third kappa shape index (κ3) is 2.20. The molecule has 1 aromatic rings. The van der Waals surface area contributed by atoms with Crippen LogP contribution < -0.4 is 0 Å². The Hall–Kier alpha value is -0.0900. The van der Waals surface area contributed by atoms with Crippen molar-refractivity contribution in [3.8, 4) is 0 Å². The van der Waals surface area contributed by atoms with Crippen molar-refractivity contribution in [3.05, 3.63) is 17.8 Å². The van der Waals surface area contributed by atoms with Gasteiger partial charge in [0.15, 0.2) is 5.89 Å². The van der Waals surface area contributed by atoms with Crippen LogP contribution >= 0.6 is 22.5 Å². The van der Waals surface area contributed by atoms with Gasteiger partial charge in [-0.05, 0) is 6.92 Å². The normalized spacial score (nSPS) is 13.8. The molecule has 0 saturated heterocycles. The van der Waals surface area contributed by atoms with Crippen molar-refractivity contribution in [2.75, 3.05) is 0 Å². The topological polar surface area (TPSA) is 26.0 Å². The summed E-state index contributed by atoms with van der Waals surface area (Å²) in [5.74, 6) is 2.06. The van der Waals surface area contributed by atoms with Crippen LogP contribution in [0, 0.1) is 0 Å². The summed E-state index contributed by atoms with van der Waals surface area (Å²) in [6, 6.07) is 0. The number of nitrogens with zero attached hydrogens (tertiary/aromatic N) is 1. The minimum atomic E-state index is 0.272. The van der Waals surface area contributed by atoms with Crippen molar-refractivity contribution in [1.29, 1.82) is 0 Å². The Morgan fingerprint density at radius 3 is 2.58 bits per heavy atom. The lowest BCUT2D eigenvalue weighted by Crippen LogP contribution is -1.85. The first-order chi connectivity index (χ1) is 5.65. The summed E-state index contributed by atoms with van der Waals surface area (Å²) in [4.78, 5) is 4.17. The first-order valence-electron chi connectivity index (χ1n) is 3.91. The molecule has 0 aliphatic rings. The fourth-order valence-corrected chi connectivity index (χ4v) is 1.33. The van der Waals surface area contributed by atoms with Crippen molar-refractivity contribution in [1.82, 2.24) is 4.98 Å². The van der Waals surface area contributed by atoms with Gasteiger partial charge in [-0.2, -0.15) is 0 Å². The molecule has 1 unspecified atom stereocenters. The van der Waals surface area contributed by atoms with Crippen LogP contribution in [0.15, 0.2) is 10.6 Å². The second-order valence-corrected chi connectivity index (χ2v) is 4.55. The molecule has 0 N–H and O–H groups in total. The van der Waals surface area contributed by atoms with Gasteiger partial charge >= 0.3 is 0 Å². The van der Waals surface area contributed by atoms with Crippen LogP contribution in [0.3, 0.4) is 0 Å². The molecular weight excluding hydrogens is 190 g/mol. The summed E-state index contributed by atoms with van der Waals surface area (Å²) >= 11 is 4.12. The van der Waals surface area contributed by atoms with Gasteiger partial charge in [0.05, 0.1) is 11.4 Å². The highest BCUT2D eigenvalue weighted by Crippen LogP contribution is 2.31. The van der Waals surface area contributed by atoms with Crippen LogP contribution in [0.5, 0.6) is 0 Å². The van der Waals surface area contributed by atoms with Gasteiger partial charge in [0.1, 0.15) is 5.76 Å². The minimum absolute atomic E-state index is 0.272. The summed E-state index contributed by atoms with van der Waals surface area (Å²) in [5, 5.41) is 0.272. The average Bonchev–Trinajstić information content (AvgIpc) is 2.51. The van der Waals surface area contributed by atoms with Gasteiger partial charge in [0.2, 0.25) is 0 Å². The molecule has 0 aliphatic carbocycles. The minimum Gasteiger partial charge on any atom is -0.444 e. The lowest BCUT2D eigenvalue weighted by atomic mass is 10.2. The van der Waals surface area contributed by atoms with E-state index in [1.165, 1.54) is 10.8 Å². The summed E-state index contributed by atoms with van der Waals surface area (Å²) < 4.78 is 5.52. The summed E-state index contributed by atoms with van der Waals surface area (Å²) in [6.45, 7) is 6.17. The van der Waals surface area contributed by atoms with E-state index in [1.54, 1.807) is 6.20 Å². The molecular formula is C8H13NOS2. The van der Waals surface area contributed by atoms with E-state index < -0.39 is 0 Å². The number of oxazole rings is 1. The Kier molecular flexibility index (Phi) is 3.53. The van der Waals surface area contributed by atoms with Crippen molar-refractivity contribution in [2.45, 2.75) is 31.9 Å². The second-order valence-electron chi connectivity index (χ2n) is 3.00. The molecule has 4 heteroatoms. The van der Waals surface area contributed by atoms with Gasteiger partial charge in [-0.15, -0.1) is 11.7 Å². The quantitative estimate of drug-likeness (QED) is 0.602. The highest BCUT2D eigenvalue weighted by atomic mass is 33.1. The molecule has 0 aliphatic heterocycles. The van der Waals surface area contributed by atoms with Gasteiger partial charge in [0.25, 0.3) is 0 Å². The highest BCUT2D eigenvalue weighted by Gasteiger charge is 2.12. The molecule has 0 amide bonds. The molecule has 1 rings (SSSR count). The third-order valence-electron chi connectivity index (χ3n) is 1.59. The molecule has 2 nitrogen and oxygen atoms in total. The summed E-state index contributed by atoms with van der Waals surface area (Å²) in [7, 11) is 1.46. The smallest absolute Gasteiger partial charge is 0.196 e. The van der Waals surface area contributed by atoms with Gasteiger partial charge in [-0.25, -0.2) is 4.98 Å². The van der Waals surface area contributed by atoms with Crippen molar-refractivity contribution in [2.24, 2.45) is 0 Å².